The summed E-state index contributed by atoms with van der Waals surface area (Å²) in [7, 11) is 0. The quantitative estimate of drug-likeness (QED) is 0.623. The van der Waals surface area contributed by atoms with Crippen molar-refractivity contribution in [1.29, 1.82) is 10.5 Å². The van der Waals surface area contributed by atoms with Crippen molar-refractivity contribution < 1.29 is 4.79 Å². The van der Waals surface area contributed by atoms with Crippen LogP contribution < -0.4 is 5.32 Å². The van der Waals surface area contributed by atoms with Crippen LogP contribution in [0.4, 0.5) is 0 Å². The summed E-state index contributed by atoms with van der Waals surface area (Å²) < 4.78 is 0. The van der Waals surface area contributed by atoms with Gasteiger partial charge >= 0.3 is 0 Å². The molecule has 4 fully saturated rings. The Morgan fingerprint density at radius 1 is 1.06 bits per heavy atom. The summed E-state index contributed by atoms with van der Waals surface area (Å²) in [5.41, 5.74) is -0.552. The number of amides is 1. The van der Waals surface area contributed by atoms with Crippen LogP contribution in [0.1, 0.15) is 91.9 Å². The number of carbonyl (C=O) groups is 1. The van der Waals surface area contributed by atoms with Crippen molar-refractivity contribution in [2.24, 2.45) is 23.2 Å². The summed E-state index contributed by atoms with van der Waals surface area (Å²) in [5.74, 6) is 1.27. The van der Waals surface area contributed by atoms with Gasteiger partial charge in [-0.1, -0.05) is 12.8 Å². The molecule has 0 bridgehead atoms. The first-order valence-corrected chi connectivity index (χ1v) is 13.8. The predicted octanol–water partition coefficient (Wildman–Crippen LogP) is 4.47. The molecule has 0 spiro atoms. The lowest BCUT2D eigenvalue weighted by Crippen LogP contribution is -2.59. The number of carbonyl (C=O) groups excluding carboxylic acids is 1. The zero-order valence-electron chi connectivity index (χ0n) is 21.9. The number of nitrogens with zero attached hydrogens (tertiary/aromatic N) is 4. The molecule has 3 aliphatic carbocycles. The number of rotatable bonds is 6. The van der Waals surface area contributed by atoms with Crippen LogP contribution in [0.3, 0.4) is 0 Å². The second-order valence-corrected chi connectivity index (χ2v) is 12.4. The van der Waals surface area contributed by atoms with E-state index < -0.39 is 0 Å². The molecule has 1 saturated heterocycles. The fourth-order valence-corrected chi connectivity index (χ4v) is 7.13. The second kappa shape index (κ2) is 10.2. The van der Waals surface area contributed by atoms with Crippen LogP contribution in [0.25, 0.3) is 0 Å². The average molecular weight is 468 g/mol. The zero-order valence-corrected chi connectivity index (χ0v) is 21.9. The molecule has 4 atom stereocenters. The van der Waals surface area contributed by atoms with Crippen molar-refractivity contribution in [3.8, 4) is 12.1 Å². The molecule has 1 amide bonds. The Hall–Kier alpha value is -1.63. The van der Waals surface area contributed by atoms with E-state index in [9.17, 15) is 15.3 Å². The molecule has 4 rings (SSSR count). The van der Waals surface area contributed by atoms with Crippen LogP contribution in [-0.2, 0) is 4.79 Å². The van der Waals surface area contributed by atoms with Gasteiger partial charge in [0, 0.05) is 43.7 Å². The number of hydrogen-bond donors (Lipinski definition) is 1. The lowest BCUT2D eigenvalue weighted by molar-refractivity contribution is -0.144. The Bertz CT molecular complexity index is 814. The minimum atomic E-state index is -0.329. The van der Waals surface area contributed by atoms with Gasteiger partial charge in [-0.2, -0.15) is 10.5 Å². The van der Waals surface area contributed by atoms with Crippen LogP contribution >= 0.6 is 0 Å². The average Bonchev–Trinajstić information content (AvgIpc) is 3.63. The van der Waals surface area contributed by atoms with Gasteiger partial charge in [-0.3, -0.25) is 15.0 Å². The first-order chi connectivity index (χ1) is 16.2. The minimum absolute atomic E-state index is 0.0865. The van der Waals surface area contributed by atoms with Crippen LogP contribution in [0, 0.1) is 45.8 Å². The summed E-state index contributed by atoms with van der Waals surface area (Å²) in [6.07, 6.45) is 10.9. The highest BCUT2D eigenvalue weighted by atomic mass is 16.2. The van der Waals surface area contributed by atoms with Crippen LogP contribution in [0.5, 0.6) is 0 Å². The Morgan fingerprint density at radius 2 is 1.74 bits per heavy atom. The highest BCUT2D eigenvalue weighted by molar-refractivity contribution is 5.80. The molecule has 4 aliphatic rings. The molecule has 1 unspecified atom stereocenters. The molecule has 3 saturated carbocycles. The van der Waals surface area contributed by atoms with E-state index in [-0.39, 0.29) is 29.0 Å². The molecule has 0 aromatic carbocycles. The Balaban J connectivity index is 1.32. The molecule has 6 heteroatoms. The van der Waals surface area contributed by atoms with E-state index in [2.05, 4.69) is 54.9 Å². The maximum Gasteiger partial charge on any atom is 0.226 e. The summed E-state index contributed by atoms with van der Waals surface area (Å²) in [4.78, 5) is 18.6. The summed E-state index contributed by atoms with van der Waals surface area (Å²) >= 11 is 0. The number of nitrogens with one attached hydrogen (secondary N) is 1. The maximum absolute atomic E-state index is 13.8. The fourth-order valence-electron chi connectivity index (χ4n) is 7.13. The van der Waals surface area contributed by atoms with Crippen molar-refractivity contribution in [2.75, 3.05) is 19.6 Å². The smallest absolute Gasteiger partial charge is 0.226 e. The number of nitriles is 2. The van der Waals surface area contributed by atoms with Crippen LogP contribution in [0.15, 0.2) is 0 Å². The topological polar surface area (TPSA) is 83.2 Å². The van der Waals surface area contributed by atoms with Crippen LogP contribution in [0.2, 0.25) is 0 Å². The normalized spacial score (nSPS) is 35.1. The lowest BCUT2D eigenvalue weighted by atomic mass is 9.70. The molecule has 0 aromatic rings. The molecule has 0 radical (unpaired) electrons. The molecule has 188 valence electrons. The van der Waals surface area contributed by atoms with Gasteiger partial charge < -0.3 is 4.90 Å². The van der Waals surface area contributed by atoms with Crippen molar-refractivity contribution in [3.63, 3.8) is 0 Å². The summed E-state index contributed by atoms with van der Waals surface area (Å²) in [6.45, 7) is 11.4. The maximum atomic E-state index is 13.8. The van der Waals surface area contributed by atoms with E-state index in [1.807, 2.05) is 0 Å². The molecule has 1 N–H and O–H groups in total. The fraction of sp³-hybridized carbons (Fsp3) is 0.893. The summed E-state index contributed by atoms with van der Waals surface area (Å²) in [5, 5.41) is 22.6. The lowest BCUT2D eigenvalue weighted by Gasteiger charge is -2.47. The first kappa shape index (κ1) is 25.5. The molecular formula is C28H45N5O. The monoisotopic (exact) mass is 467 g/mol. The van der Waals surface area contributed by atoms with E-state index in [0.717, 1.165) is 64.6 Å². The Morgan fingerprint density at radius 3 is 2.32 bits per heavy atom. The predicted molar refractivity (Wildman–Crippen MR) is 134 cm³/mol. The summed E-state index contributed by atoms with van der Waals surface area (Å²) in [6, 6.07) is 6.02. The third-order valence-electron chi connectivity index (χ3n) is 9.71. The van der Waals surface area contributed by atoms with Crippen molar-refractivity contribution in [1.82, 2.24) is 15.1 Å². The van der Waals surface area contributed by atoms with Gasteiger partial charge in [0.05, 0.1) is 17.6 Å². The van der Waals surface area contributed by atoms with E-state index in [4.69, 9.17) is 0 Å². The van der Waals surface area contributed by atoms with E-state index in [1.54, 1.807) is 0 Å². The third kappa shape index (κ3) is 5.29. The molecular weight excluding hydrogens is 422 g/mol. The van der Waals surface area contributed by atoms with Crippen molar-refractivity contribution in [2.45, 2.75) is 116 Å². The second-order valence-electron chi connectivity index (χ2n) is 12.4. The van der Waals surface area contributed by atoms with E-state index in [1.165, 1.54) is 19.3 Å². The SMILES string of the molecule is CC(NC1(C#N)CC1)[C@@H]1CCCC[C@H]1C(=O)N1CCN(C2CCC(C(C)(C)C#N)CC2)C[C@H]1C. The van der Waals surface area contributed by atoms with E-state index >= 15 is 0 Å². The highest BCUT2D eigenvalue weighted by Gasteiger charge is 2.47. The largest absolute Gasteiger partial charge is 0.337 e. The zero-order chi connectivity index (χ0) is 24.5. The molecule has 6 nitrogen and oxygen atoms in total. The van der Waals surface area contributed by atoms with E-state index in [0.29, 0.717) is 23.8 Å². The van der Waals surface area contributed by atoms with Gasteiger partial charge in [0.1, 0.15) is 5.54 Å². The van der Waals surface area contributed by atoms with Gasteiger partial charge in [0.15, 0.2) is 0 Å². The standard InChI is InChI=1S/C28H45N5O/c1-20-17-32(23-11-9-22(10-12-23)27(3,4)18-29)15-16-33(20)26(34)25-8-6-5-7-24(25)21(2)31-28(19-30)13-14-28/h20-25,31H,5-17H2,1-4H3/t20-,21?,22?,23?,24+,25-/m1/s1. The molecule has 0 aromatic heterocycles. The van der Waals surface area contributed by atoms with Crippen molar-refractivity contribution in [3.05, 3.63) is 0 Å². The first-order valence-electron chi connectivity index (χ1n) is 13.8. The van der Waals surface area contributed by atoms with Gasteiger partial charge in [-0.25, -0.2) is 0 Å². The Kier molecular flexibility index (Phi) is 7.61. The van der Waals surface area contributed by atoms with Crippen LogP contribution in [-0.4, -0.2) is 59.0 Å². The third-order valence-corrected chi connectivity index (χ3v) is 9.71. The number of hydrogen-bond acceptors (Lipinski definition) is 5. The van der Waals surface area contributed by atoms with Gasteiger partial charge in [0.2, 0.25) is 5.91 Å². The van der Waals surface area contributed by atoms with Gasteiger partial charge in [-0.05, 0) is 90.9 Å². The Labute approximate surface area is 207 Å². The minimum Gasteiger partial charge on any atom is -0.337 e. The molecule has 34 heavy (non-hydrogen) atoms. The molecule has 1 heterocycles. The van der Waals surface area contributed by atoms with Crippen molar-refractivity contribution >= 4 is 5.91 Å². The molecule has 1 aliphatic heterocycles. The van der Waals surface area contributed by atoms with Gasteiger partial charge in [-0.15, -0.1) is 0 Å². The highest BCUT2D eigenvalue weighted by Crippen LogP contribution is 2.41. The number of piperazine rings is 1. The van der Waals surface area contributed by atoms with Gasteiger partial charge in [0.25, 0.3) is 0 Å².